The molecule has 1 aromatic heterocycles. The average Bonchev–Trinajstić information content (AvgIpc) is 3.54. The van der Waals surface area contributed by atoms with Crippen LogP contribution in [0.15, 0.2) is 46.0 Å². The van der Waals surface area contributed by atoms with Crippen molar-refractivity contribution in [2.45, 2.75) is 30.6 Å². The molecule has 1 aromatic carbocycles. The molecule has 1 aliphatic carbocycles. The number of thiazole rings is 1. The third kappa shape index (κ3) is 4.06. The summed E-state index contributed by atoms with van der Waals surface area (Å²) in [6.07, 6.45) is 2.20. The molecule has 0 bridgehead atoms. The lowest BCUT2D eigenvalue weighted by Gasteiger charge is -2.70. The lowest BCUT2D eigenvalue weighted by atomic mass is 9.50. The highest BCUT2D eigenvalue weighted by molar-refractivity contribution is 7.87. The van der Waals surface area contributed by atoms with Crippen LogP contribution in [-0.4, -0.2) is 75.1 Å². The monoisotopic (exact) mass is 582 g/mol. The Morgan fingerprint density at radius 3 is 2.95 bits per heavy atom. The first-order valence-corrected chi connectivity index (χ1v) is 14.6. The minimum atomic E-state index is -3.86. The van der Waals surface area contributed by atoms with Crippen LogP contribution < -0.4 is 15.2 Å². The van der Waals surface area contributed by atoms with E-state index in [-0.39, 0.29) is 34.1 Å². The summed E-state index contributed by atoms with van der Waals surface area (Å²) in [4.78, 5) is 24.5. The molecule has 3 fully saturated rings. The number of benzene rings is 1. The number of carbonyl (C=O) groups excluding carboxylic acids is 1. The van der Waals surface area contributed by atoms with Gasteiger partial charge in [-0.15, -0.1) is 11.3 Å². The molecular formula is C23H24ClFN6O5S2. The summed E-state index contributed by atoms with van der Waals surface area (Å²) in [7, 11) is -2.58. The molecule has 15 heteroatoms. The predicted octanol–water partition coefficient (Wildman–Crippen LogP) is 1.09. The fourth-order valence-electron chi connectivity index (χ4n) is 6.19. The molecule has 1 saturated carbocycles. The van der Waals surface area contributed by atoms with Crippen molar-refractivity contribution in [1.29, 1.82) is 0 Å². The molecule has 0 radical (unpaired) electrons. The van der Waals surface area contributed by atoms with E-state index in [0.717, 1.165) is 0 Å². The van der Waals surface area contributed by atoms with Crippen LogP contribution in [-0.2, 0) is 24.5 Å². The predicted molar refractivity (Wildman–Crippen MR) is 137 cm³/mol. The molecule has 202 valence electrons. The van der Waals surface area contributed by atoms with Gasteiger partial charge in [0, 0.05) is 57.9 Å². The van der Waals surface area contributed by atoms with Crippen LogP contribution in [0.2, 0.25) is 5.02 Å². The van der Waals surface area contributed by atoms with E-state index < -0.39 is 28.0 Å². The summed E-state index contributed by atoms with van der Waals surface area (Å²) in [5.74, 6) is -0.659. The van der Waals surface area contributed by atoms with Crippen LogP contribution >= 0.6 is 22.9 Å². The Kier molecular flexibility index (Phi) is 6.33. The zero-order valence-corrected chi connectivity index (χ0v) is 22.4. The number of carbonyl (C=O) groups is 1. The number of amidine groups is 1. The second-order valence-electron chi connectivity index (χ2n) is 9.67. The van der Waals surface area contributed by atoms with Crippen molar-refractivity contribution in [3.63, 3.8) is 0 Å². The van der Waals surface area contributed by atoms with Crippen molar-refractivity contribution >= 4 is 45.0 Å². The number of methoxy groups -OCH3 is 1. The minimum Gasteiger partial charge on any atom is -0.466 e. The Morgan fingerprint density at radius 2 is 2.26 bits per heavy atom. The highest BCUT2D eigenvalue weighted by Crippen LogP contribution is 2.61. The quantitative estimate of drug-likeness (QED) is 0.411. The van der Waals surface area contributed by atoms with Crippen molar-refractivity contribution in [3.8, 4) is 0 Å². The average molecular weight is 583 g/mol. The maximum Gasteiger partial charge on any atom is 0.338 e. The molecule has 2 aromatic rings. The summed E-state index contributed by atoms with van der Waals surface area (Å²) in [5, 5.41) is 11.1. The van der Waals surface area contributed by atoms with E-state index in [1.165, 1.54) is 36.6 Å². The molecule has 6 rings (SSSR count). The highest BCUT2D eigenvalue weighted by Gasteiger charge is 2.73. The van der Waals surface area contributed by atoms with Crippen molar-refractivity contribution in [2.75, 3.05) is 26.9 Å². The fourth-order valence-corrected chi connectivity index (χ4v) is 7.76. The smallest absolute Gasteiger partial charge is 0.338 e. The first-order chi connectivity index (χ1) is 18.1. The van der Waals surface area contributed by atoms with Crippen molar-refractivity contribution in [1.82, 2.24) is 19.9 Å². The second-order valence-corrected chi connectivity index (χ2v) is 12.3. The van der Waals surface area contributed by atoms with Gasteiger partial charge in [0.2, 0.25) is 0 Å². The fraction of sp³-hybridized carbons (Fsp3) is 0.435. The van der Waals surface area contributed by atoms with Gasteiger partial charge in [-0.05, 0) is 18.6 Å². The van der Waals surface area contributed by atoms with Gasteiger partial charge in [0.15, 0.2) is 10.8 Å². The third-order valence-corrected chi connectivity index (χ3v) is 9.57. The van der Waals surface area contributed by atoms with Crippen LogP contribution in [0.4, 0.5) is 4.39 Å². The number of halogens is 2. The number of piperidine rings is 1. The van der Waals surface area contributed by atoms with Crippen LogP contribution in [0.5, 0.6) is 0 Å². The number of hydrogen-bond acceptors (Lipinski definition) is 10. The summed E-state index contributed by atoms with van der Waals surface area (Å²) < 4.78 is 50.7. The number of aliphatic imine (C=N–C) groups is 1. The molecule has 2 saturated heterocycles. The lowest BCUT2D eigenvalue weighted by molar-refractivity contribution is -0.192. The number of nitrogens with one attached hydrogen (secondary N) is 2. The van der Waals surface area contributed by atoms with E-state index in [4.69, 9.17) is 31.2 Å². The molecule has 4 N–H and O–H groups in total. The second kappa shape index (κ2) is 9.33. The van der Waals surface area contributed by atoms with E-state index in [9.17, 15) is 17.6 Å². The molecule has 11 nitrogen and oxygen atoms in total. The SMILES string of the molecule is COC(=O)C1=C(CN2[C@@H]3COCC34[C@@H](NS(N)(=O)=O)C[C@@H]24)NC(c2nccs2)=N[C@H]1c1ccc(F)cc1Cl. The van der Waals surface area contributed by atoms with Gasteiger partial charge in [0.1, 0.15) is 11.9 Å². The topological polar surface area (TPSA) is 148 Å². The van der Waals surface area contributed by atoms with Gasteiger partial charge in [-0.2, -0.15) is 13.1 Å². The van der Waals surface area contributed by atoms with E-state index >= 15 is 0 Å². The Balaban J connectivity index is 1.38. The van der Waals surface area contributed by atoms with Crippen molar-refractivity contribution in [2.24, 2.45) is 15.5 Å². The molecule has 3 aliphatic heterocycles. The number of likely N-dealkylation sites (tertiary alicyclic amines) is 1. The third-order valence-electron chi connectivity index (χ3n) is 7.85. The van der Waals surface area contributed by atoms with Gasteiger partial charge >= 0.3 is 5.97 Å². The van der Waals surface area contributed by atoms with Gasteiger partial charge in [0.05, 0.1) is 25.9 Å². The first-order valence-electron chi connectivity index (χ1n) is 11.8. The standard InChI is InChI=1S/C23H24ClFN6O5S2/c1-35-22(32)18-14(8-31-16-7-15(30-38(26,33)34)23(16)10-36-9-17(23)31)28-20(21-27-4-5-37-21)29-19(18)12-3-2-11(25)6-13(12)24/h2-6,15-17,19,30H,7-10H2,1H3,(H,28,29)(H2,26,33,34)/t15-,16+,17+,19-,23?/m0/s1. The maximum absolute atomic E-state index is 13.9. The largest absolute Gasteiger partial charge is 0.466 e. The number of hydrogen-bond donors (Lipinski definition) is 3. The lowest BCUT2D eigenvalue weighted by Crippen LogP contribution is -2.85. The first kappa shape index (κ1) is 25.8. The van der Waals surface area contributed by atoms with Gasteiger partial charge in [-0.1, -0.05) is 17.7 Å². The summed E-state index contributed by atoms with van der Waals surface area (Å²) in [6, 6.07) is 2.71. The Hall–Kier alpha value is -2.46. The van der Waals surface area contributed by atoms with E-state index in [2.05, 4.69) is 19.9 Å². The molecule has 1 spiro atoms. The Morgan fingerprint density at radius 1 is 1.45 bits per heavy atom. The number of esters is 1. The number of aromatic nitrogens is 1. The summed E-state index contributed by atoms with van der Waals surface area (Å²) in [5.41, 5.74) is 0.866. The number of nitrogens with two attached hydrogens (primary N) is 1. The summed E-state index contributed by atoms with van der Waals surface area (Å²) >= 11 is 7.80. The zero-order chi connectivity index (χ0) is 26.8. The minimum absolute atomic E-state index is 0.0254. The van der Waals surface area contributed by atoms with E-state index in [1.54, 1.807) is 6.20 Å². The molecule has 5 atom stereocenters. The van der Waals surface area contributed by atoms with Crippen molar-refractivity contribution in [3.05, 3.63) is 62.5 Å². The normalized spacial score (nSPS) is 30.5. The van der Waals surface area contributed by atoms with Gasteiger partial charge < -0.3 is 14.8 Å². The molecule has 0 amide bonds. The molecular weight excluding hydrogens is 559 g/mol. The molecule has 4 aliphatic rings. The van der Waals surface area contributed by atoms with Crippen LogP contribution in [0.1, 0.15) is 23.0 Å². The van der Waals surface area contributed by atoms with Crippen molar-refractivity contribution < 1.29 is 27.1 Å². The zero-order valence-electron chi connectivity index (χ0n) is 20.1. The highest BCUT2D eigenvalue weighted by atomic mass is 35.5. The number of nitrogens with zero attached hydrogens (tertiary/aromatic N) is 3. The maximum atomic E-state index is 13.9. The van der Waals surface area contributed by atoms with E-state index in [1.807, 2.05) is 5.38 Å². The number of ether oxygens (including phenoxy) is 2. The molecule has 4 heterocycles. The molecule has 1 unspecified atom stereocenters. The van der Waals surface area contributed by atoms with Crippen LogP contribution in [0, 0.1) is 11.2 Å². The summed E-state index contributed by atoms with van der Waals surface area (Å²) in [6.45, 7) is 1.15. The Labute approximate surface area is 227 Å². The van der Waals surface area contributed by atoms with Gasteiger partial charge in [-0.25, -0.2) is 19.3 Å². The molecule has 38 heavy (non-hydrogen) atoms. The van der Waals surface area contributed by atoms with E-state index in [0.29, 0.717) is 48.3 Å². The van der Waals surface area contributed by atoms with Gasteiger partial charge in [0.25, 0.3) is 10.2 Å². The van der Waals surface area contributed by atoms with Crippen LogP contribution in [0.25, 0.3) is 0 Å². The van der Waals surface area contributed by atoms with Gasteiger partial charge in [-0.3, -0.25) is 9.89 Å². The Bertz CT molecular complexity index is 1470. The van der Waals surface area contributed by atoms with Crippen LogP contribution in [0.3, 0.4) is 0 Å². The number of rotatable bonds is 7.